The molecule has 3 aromatic rings. The van der Waals surface area contributed by atoms with E-state index in [0.29, 0.717) is 15.2 Å². The Labute approximate surface area is 157 Å². The average Bonchev–Trinajstić information content (AvgIpc) is 2.94. The molecule has 0 spiro atoms. The zero-order valence-electron chi connectivity index (χ0n) is 13.3. The molecule has 0 atom stereocenters. The maximum atomic E-state index is 12.9. The standard InChI is InChI=1S/C19H12ClN3O2S/c20-13-8-6-12(7-9-13)10-16-18(25)23(14-4-2-1-3-5-14)19(26-16)15(11-21)17(22)24/h1-10H,(H2,22,24)/b16-10+,19-15+. The van der Waals surface area contributed by atoms with Crippen molar-refractivity contribution in [1.82, 2.24) is 4.57 Å². The lowest BCUT2D eigenvalue weighted by atomic mass is 10.2. The van der Waals surface area contributed by atoms with Crippen molar-refractivity contribution in [3.05, 3.63) is 84.7 Å². The Hall–Kier alpha value is -3.14. The number of nitrogens with zero attached hydrogens (tertiary/aromatic N) is 2. The summed E-state index contributed by atoms with van der Waals surface area (Å²) in [6, 6.07) is 17.6. The zero-order valence-corrected chi connectivity index (χ0v) is 14.9. The molecule has 0 bridgehead atoms. The van der Waals surface area contributed by atoms with Gasteiger partial charge in [0.15, 0.2) is 5.57 Å². The van der Waals surface area contributed by atoms with Gasteiger partial charge in [-0.25, -0.2) is 0 Å². The van der Waals surface area contributed by atoms with Gasteiger partial charge >= 0.3 is 0 Å². The van der Waals surface area contributed by atoms with Crippen molar-refractivity contribution in [2.24, 2.45) is 5.73 Å². The van der Waals surface area contributed by atoms with Crippen LogP contribution in [0.3, 0.4) is 0 Å². The number of carbonyl (C=O) groups is 1. The lowest BCUT2D eigenvalue weighted by Gasteiger charge is -2.01. The number of para-hydroxylation sites is 1. The molecule has 0 unspecified atom stereocenters. The van der Waals surface area contributed by atoms with Crippen LogP contribution in [0.15, 0.2) is 59.4 Å². The van der Waals surface area contributed by atoms with E-state index >= 15 is 0 Å². The number of nitrogens with two attached hydrogens (primary N) is 1. The summed E-state index contributed by atoms with van der Waals surface area (Å²) < 4.78 is 1.91. The Morgan fingerprint density at radius 3 is 2.38 bits per heavy atom. The molecule has 0 aliphatic heterocycles. The van der Waals surface area contributed by atoms with Crippen LogP contribution < -0.4 is 20.5 Å². The van der Waals surface area contributed by atoms with E-state index in [1.165, 1.54) is 4.57 Å². The maximum absolute atomic E-state index is 12.9. The molecule has 0 aliphatic rings. The Bertz CT molecular complexity index is 1190. The van der Waals surface area contributed by atoms with Crippen LogP contribution in [0.5, 0.6) is 0 Å². The first kappa shape index (κ1) is 17.7. The second-order valence-electron chi connectivity index (χ2n) is 5.29. The Morgan fingerprint density at radius 1 is 1.15 bits per heavy atom. The molecule has 128 valence electrons. The molecule has 2 N–H and O–H groups in total. The van der Waals surface area contributed by atoms with E-state index in [0.717, 1.165) is 16.9 Å². The monoisotopic (exact) mass is 381 g/mol. The minimum absolute atomic E-state index is 0.205. The number of halogens is 1. The molecule has 3 rings (SSSR count). The van der Waals surface area contributed by atoms with E-state index < -0.39 is 5.91 Å². The number of thiazole rings is 1. The van der Waals surface area contributed by atoms with E-state index in [1.54, 1.807) is 60.7 Å². The summed E-state index contributed by atoms with van der Waals surface area (Å²) >= 11 is 6.93. The van der Waals surface area contributed by atoms with Crippen molar-refractivity contribution >= 4 is 40.5 Å². The van der Waals surface area contributed by atoms with E-state index in [4.69, 9.17) is 17.3 Å². The van der Waals surface area contributed by atoms with Crippen LogP contribution in [0, 0.1) is 11.3 Å². The Morgan fingerprint density at radius 2 is 1.81 bits per heavy atom. The number of hydrogen-bond acceptors (Lipinski definition) is 4. The third kappa shape index (κ3) is 3.45. The van der Waals surface area contributed by atoms with Crippen molar-refractivity contribution in [2.75, 3.05) is 0 Å². The summed E-state index contributed by atoms with van der Waals surface area (Å²) in [5, 5.41) is 9.91. The highest BCUT2D eigenvalue weighted by Crippen LogP contribution is 2.10. The number of nitriles is 1. The molecule has 7 heteroatoms. The average molecular weight is 382 g/mol. The fraction of sp³-hybridized carbons (Fsp3) is 0. The summed E-state index contributed by atoms with van der Waals surface area (Å²) in [7, 11) is 0. The van der Waals surface area contributed by atoms with Crippen LogP contribution in [0.4, 0.5) is 0 Å². The molecule has 26 heavy (non-hydrogen) atoms. The molecule has 0 fully saturated rings. The predicted octanol–water partition coefficient (Wildman–Crippen LogP) is 1.54. The normalized spacial score (nSPS) is 12.5. The van der Waals surface area contributed by atoms with Crippen molar-refractivity contribution in [3.63, 3.8) is 0 Å². The SMILES string of the molecule is N#C/C(C(N)=O)=c1\s/c(=C/c2ccc(Cl)cc2)c(=O)n1-c1ccccc1. The third-order valence-electron chi connectivity index (χ3n) is 3.58. The van der Waals surface area contributed by atoms with Gasteiger partial charge in [0.1, 0.15) is 10.7 Å². The van der Waals surface area contributed by atoms with Crippen LogP contribution in [-0.2, 0) is 4.79 Å². The molecule has 0 radical (unpaired) electrons. The number of primary amides is 1. The van der Waals surface area contributed by atoms with Crippen molar-refractivity contribution < 1.29 is 4.79 Å². The molecule has 0 aliphatic carbocycles. The summed E-state index contributed by atoms with van der Waals surface area (Å²) in [4.78, 5) is 24.6. The predicted molar refractivity (Wildman–Crippen MR) is 102 cm³/mol. The zero-order chi connectivity index (χ0) is 18.7. The van der Waals surface area contributed by atoms with E-state index in [1.807, 2.05) is 6.07 Å². The quantitative estimate of drug-likeness (QED) is 0.746. The molecule has 2 aromatic carbocycles. The van der Waals surface area contributed by atoms with Crippen LogP contribution in [0.2, 0.25) is 5.02 Å². The number of carbonyl (C=O) groups excluding carboxylic acids is 1. The first-order chi connectivity index (χ1) is 12.5. The summed E-state index contributed by atoms with van der Waals surface area (Å²) in [5.74, 6) is -0.878. The first-order valence-corrected chi connectivity index (χ1v) is 8.69. The maximum Gasteiger partial charge on any atom is 0.273 e. The van der Waals surface area contributed by atoms with Gasteiger partial charge in [0.2, 0.25) is 0 Å². The van der Waals surface area contributed by atoms with Gasteiger partial charge in [-0.05, 0) is 35.9 Å². The van der Waals surface area contributed by atoms with Crippen LogP contribution >= 0.6 is 22.9 Å². The van der Waals surface area contributed by atoms with Gasteiger partial charge in [-0.2, -0.15) is 5.26 Å². The lowest BCUT2D eigenvalue weighted by molar-refractivity contribution is -0.112. The molecular weight excluding hydrogens is 370 g/mol. The van der Waals surface area contributed by atoms with E-state index in [-0.39, 0.29) is 15.8 Å². The van der Waals surface area contributed by atoms with Crippen molar-refractivity contribution in [2.45, 2.75) is 0 Å². The fourth-order valence-corrected chi connectivity index (χ4v) is 3.62. The highest BCUT2D eigenvalue weighted by atomic mass is 35.5. The number of rotatable bonds is 3. The number of benzene rings is 2. The van der Waals surface area contributed by atoms with Gasteiger partial charge in [0.25, 0.3) is 11.5 Å². The van der Waals surface area contributed by atoms with Gasteiger partial charge in [0, 0.05) is 5.02 Å². The second-order valence-corrected chi connectivity index (χ2v) is 6.76. The van der Waals surface area contributed by atoms with E-state index in [9.17, 15) is 14.9 Å². The van der Waals surface area contributed by atoms with Crippen LogP contribution in [0.25, 0.3) is 17.3 Å². The lowest BCUT2D eigenvalue weighted by Crippen LogP contribution is -2.32. The number of amides is 1. The van der Waals surface area contributed by atoms with Gasteiger partial charge in [-0.15, -0.1) is 11.3 Å². The number of aromatic nitrogens is 1. The summed E-state index contributed by atoms with van der Waals surface area (Å²) in [6.07, 6.45) is 1.68. The first-order valence-electron chi connectivity index (χ1n) is 7.50. The minimum Gasteiger partial charge on any atom is -0.365 e. The number of hydrogen-bond donors (Lipinski definition) is 1. The molecule has 1 amide bonds. The minimum atomic E-state index is -0.878. The van der Waals surface area contributed by atoms with Gasteiger partial charge < -0.3 is 5.73 Å². The highest BCUT2D eigenvalue weighted by Gasteiger charge is 2.14. The van der Waals surface area contributed by atoms with E-state index in [2.05, 4.69) is 0 Å². The summed E-state index contributed by atoms with van der Waals surface area (Å²) in [6.45, 7) is 0. The van der Waals surface area contributed by atoms with Crippen molar-refractivity contribution in [3.8, 4) is 11.8 Å². The molecule has 0 saturated heterocycles. The largest absolute Gasteiger partial charge is 0.365 e. The molecule has 0 saturated carbocycles. The molecule has 1 heterocycles. The molecular formula is C19H12ClN3O2S. The van der Waals surface area contributed by atoms with Crippen LogP contribution in [0.1, 0.15) is 5.56 Å². The van der Waals surface area contributed by atoms with Crippen molar-refractivity contribution in [1.29, 1.82) is 5.26 Å². The molecule has 1 aromatic heterocycles. The Kier molecular flexibility index (Phi) is 5.03. The summed E-state index contributed by atoms with van der Waals surface area (Å²) in [5.41, 5.74) is 6.06. The smallest absolute Gasteiger partial charge is 0.273 e. The van der Waals surface area contributed by atoms with Gasteiger partial charge in [-0.1, -0.05) is 41.9 Å². The third-order valence-corrected chi connectivity index (χ3v) is 4.92. The second kappa shape index (κ2) is 7.40. The Balaban J connectivity index is 2.39. The van der Waals surface area contributed by atoms with Crippen LogP contribution in [-0.4, -0.2) is 10.5 Å². The molecule has 5 nitrogen and oxygen atoms in total. The highest BCUT2D eigenvalue weighted by molar-refractivity contribution is 7.07. The topological polar surface area (TPSA) is 88.9 Å². The fourth-order valence-electron chi connectivity index (χ4n) is 2.38. The van der Waals surface area contributed by atoms with Gasteiger partial charge in [0.05, 0.1) is 10.2 Å². The van der Waals surface area contributed by atoms with Gasteiger partial charge in [-0.3, -0.25) is 14.2 Å².